The Bertz CT molecular complexity index is 605. The van der Waals surface area contributed by atoms with Gasteiger partial charge in [-0.05, 0) is 24.8 Å². The van der Waals surface area contributed by atoms with E-state index < -0.39 is 5.60 Å². The number of hydrogen-bond donors (Lipinski definition) is 3. The van der Waals surface area contributed by atoms with Crippen molar-refractivity contribution in [3.8, 4) is 0 Å². The van der Waals surface area contributed by atoms with Crippen molar-refractivity contribution in [3.63, 3.8) is 0 Å². The molecule has 0 radical (unpaired) electrons. The van der Waals surface area contributed by atoms with E-state index in [9.17, 15) is 14.7 Å². The highest BCUT2D eigenvalue weighted by atomic mass is 16.3. The van der Waals surface area contributed by atoms with Gasteiger partial charge in [0.2, 0.25) is 5.91 Å². The van der Waals surface area contributed by atoms with Crippen LogP contribution in [0.4, 0.5) is 5.69 Å². The predicted molar refractivity (Wildman–Crippen MR) is 91.2 cm³/mol. The van der Waals surface area contributed by atoms with E-state index in [1.165, 1.54) is 18.5 Å². The van der Waals surface area contributed by atoms with E-state index in [1.807, 2.05) is 13.8 Å². The summed E-state index contributed by atoms with van der Waals surface area (Å²) in [6.07, 6.45) is 4.63. The molecule has 1 atom stereocenters. The maximum atomic E-state index is 12.2. The number of nitrogens with one attached hydrogen (secondary N) is 1. The average molecular weight is 334 g/mol. The van der Waals surface area contributed by atoms with Gasteiger partial charge in [-0.2, -0.15) is 0 Å². The van der Waals surface area contributed by atoms with E-state index in [4.69, 9.17) is 5.73 Å². The molecular weight excluding hydrogens is 308 g/mol. The number of amides is 2. The summed E-state index contributed by atoms with van der Waals surface area (Å²) in [7, 11) is 0. The van der Waals surface area contributed by atoms with Crippen LogP contribution in [0.3, 0.4) is 0 Å². The first kappa shape index (κ1) is 18.2. The van der Waals surface area contributed by atoms with Gasteiger partial charge in [-0.15, -0.1) is 0 Å². The van der Waals surface area contributed by atoms with E-state index in [2.05, 4.69) is 10.3 Å². The molecule has 4 N–H and O–H groups in total. The third kappa shape index (κ3) is 4.92. The number of β-amino-alcohol motifs (C(OH)–C–C–N with tert-alkyl or cyclic N) is 1. The molecule has 1 saturated heterocycles. The third-order valence-electron chi connectivity index (χ3n) is 4.09. The van der Waals surface area contributed by atoms with Crippen molar-refractivity contribution >= 4 is 17.5 Å². The van der Waals surface area contributed by atoms with E-state index in [-0.39, 0.29) is 30.8 Å². The summed E-state index contributed by atoms with van der Waals surface area (Å²) in [6, 6.07) is 1.53. The van der Waals surface area contributed by atoms with Crippen LogP contribution in [0.2, 0.25) is 0 Å². The second kappa shape index (κ2) is 7.61. The lowest BCUT2D eigenvalue weighted by molar-refractivity contribution is -0.138. The summed E-state index contributed by atoms with van der Waals surface area (Å²) < 4.78 is 0. The minimum Gasteiger partial charge on any atom is -0.397 e. The highest BCUT2D eigenvalue weighted by molar-refractivity contribution is 5.94. The maximum absolute atomic E-state index is 12.2. The highest BCUT2D eigenvalue weighted by Crippen LogP contribution is 2.22. The molecule has 7 heteroatoms. The van der Waals surface area contributed by atoms with Crippen LogP contribution in [0.5, 0.6) is 0 Å². The Morgan fingerprint density at radius 3 is 2.88 bits per heavy atom. The number of carbonyl (C=O) groups excluding carboxylic acids is 2. The Kier molecular flexibility index (Phi) is 5.77. The molecule has 7 nitrogen and oxygen atoms in total. The lowest BCUT2D eigenvalue weighted by atomic mass is 9.92. The molecule has 0 spiro atoms. The van der Waals surface area contributed by atoms with E-state index in [0.717, 1.165) is 6.42 Å². The molecule has 1 aromatic heterocycles. The van der Waals surface area contributed by atoms with Crippen molar-refractivity contribution < 1.29 is 14.7 Å². The molecule has 2 heterocycles. The fourth-order valence-corrected chi connectivity index (χ4v) is 2.88. The van der Waals surface area contributed by atoms with Crippen LogP contribution in [0.1, 0.15) is 43.5 Å². The number of aliphatic hydroxyl groups is 1. The molecule has 1 unspecified atom stereocenters. The number of nitrogen functional groups attached to an aromatic ring is 1. The number of nitrogens with two attached hydrogens (primary N) is 1. The van der Waals surface area contributed by atoms with Crippen LogP contribution in [-0.4, -0.2) is 52.0 Å². The Hall–Kier alpha value is -2.15. The number of rotatable bonds is 5. The Labute approximate surface area is 142 Å². The van der Waals surface area contributed by atoms with Gasteiger partial charge >= 0.3 is 0 Å². The van der Waals surface area contributed by atoms with Gasteiger partial charge in [-0.3, -0.25) is 14.6 Å². The number of piperidine rings is 1. The van der Waals surface area contributed by atoms with Crippen molar-refractivity contribution in [2.24, 2.45) is 5.92 Å². The summed E-state index contributed by atoms with van der Waals surface area (Å²) in [4.78, 5) is 29.9. The first-order valence-electron chi connectivity index (χ1n) is 8.28. The minimum atomic E-state index is -1.10. The first-order valence-corrected chi connectivity index (χ1v) is 8.28. The molecule has 0 bridgehead atoms. The fourth-order valence-electron chi connectivity index (χ4n) is 2.88. The molecule has 24 heavy (non-hydrogen) atoms. The monoisotopic (exact) mass is 334 g/mol. The second-order valence-electron chi connectivity index (χ2n) is 6.93. The zero-order valence-corrected chi connectivity index (χ0v) is 14.3. The number of hydrogen-bond acceptors (Lipinski definition) is 5. The molecule has 2 amide bonds. The molecule has 1 fully saturated rings. The topological polar surface area (TPSA) is 109 Å². The number of anilines is 1. The summed E-state index contributed by atoms with van der Waals surface area (Å²) in [5.74, 6) is -0.00778. The number of carbonyl (C=O) groups is 2. The molecule has 1 aliphatic rings. The zero-order chi connectivity index (χ0) is 17.7. The Morgan fingerprint density at radius 1 is 1.46 bits per heavy atom. The molecule has 2 rings (SSSR count). The number of pyridine rings is 1. The Balaban J connectivity index is 1.93. The van der Waals surface area contributed by atoms with Crippen molar-refractivity contribution in [1.29, 1.82) is 0 Å². The normalized spacial score (nSPS) is 20.9. The Morgan fingerprint density at radius 2 is 2.21 bits per heavy atom. The average Bonchev–Trinajstić information content (AvgIpc) is 2.52. The van der Waals surface area contributed by atoms with E-state index in [1.54, 1.807) is 4.90 Å². The number of likely N-dealkylation sites (tertiary alicyclic amines) is 1. The molecule has 132 valence electrons. The van der Waals surface area contributed by atoms with Gasteiger partial charge in [0.05, 0.1) is 23.4 Å². The molecule has 0 saturated carbocycles. The molecule has 0 aliphatic carbocycles. The van der Waals surface area contributed by atoms with Crippen molar-refractivity contribution in [3.05, 3.63) is 24.0 Å². The highest BCUT2D eigenvalue weighted by Gasteiger charge is 2.35. The predicted octanol–water partition coefficient (Wildman–Crippen LogP) is 0.793. The second-order valence-corrected chi connectivity index (χ2v) is 6.93. The van der Waals surface area contributed by atoms with Crippen LogP contribution in [0, 0.1) is 5.92 Å². The van der Waals surface area contributed by atoms with E-state index in [0.29, 0.717) is 30.6 Å². The van der Waals surface area contributed by atoms with Gasteiger partial charge in [0, 0.05) is 31.9 Å². The smallest absolute Gasteiger partial charge is 0.253 e. The zero-order valence-electron chi connectivity index (χ0n) is 14.3. The quantitative estimate of drug-likeness (QED) is 0.738. The molecule has 1 aromatic rings. The largest absolute Gasteiger partial charge is 0.397 e. The van der Waals surface area contributed by atoms with Crippen molar-refractivity contribution in [2.75, 3.05) is 25.4 Å². The van der Waals surface area contributed by atoms with Gasteiger partial charge in [-0.1, -0.05) is 13.8 Å². The van der Waals surface area contributed by atoms with Gasteiger partial charge < -0.3 is 21.1 Å². The van der Waals surface area contributed by atoms with Gasteiger partial charge in [0.15, 0.2) is 0 Å². The summed E-state index contributed by atoms with van der Waals surface area (Å²) in [5.41, 5.74) is 5.27. The fraction of sp³-hybridized carbons (Fsp3) is 0.588. The summed E-state index contributed by atoms with van der Waals surface area (Å²) >= 11 is 0. The van der Waals surface area contributed by atoms with Crippen molar-refractivity contribution in [1.82, 2.24) is 15.2 Å². The maximum Gasteiger partial charge on any atom is 0.253 e. The SMILES string of the molecule is CC(C)CC(=O)N1CCCC(O)(CNC(=O)c2cncc(N)c2)C1. The molecule has 0 aromatic carbocycles. The standard InChI is InChI=1S/C17H26N4O3/c1-12(2)6-15(22)21-5-3-4-17(24,11-21)10-20-16(23)13-7-14(18)9-19-8-13/h7-9,12,24H,3-6,10-11,18H2,1-2H3,(H,20,23). The van der Waals surface area contributed by atoms with Crippen molar-refractivity contribution in [2.45, 2.75) is 38.7 Å². The van der Waals surface area contributed by atoms with Crippen LogP contribution in [-0.2, 0) is 4.79 Å². The summed E-state index contributed by atoms with van der Waals surface area (Å²) in [5, 5.41) is 13.4. The van der Waals surface area contributed by atoms with Crippen LogP contribution >= 0.6 is 0 Å². The van der Waals surface area contributed by atoms with Gasteiger partial charge in [0.25, 0.3) is 5.91 Å². The van der Waals surface area contributed by atoms with Gasteiger partial charge in [-0.25, -0.2) is 0 Å². The van der Waals surface area contributed by atoms with Gasteiger partial charge in [0.1, 0.15) is 0 Å². The number of nitrogens with zero attached hydrogens (tertiary/aromatic N) is 2. The first-order chi connectivity index (χ1) is 11.3. The third-order valence-corrected chi connectivity index (χ3v) is 4.09. The lowest BCUT2D eigenvalue weighted by Gasteiger charge is -2.39. The van der Waals surface area contributed by atoms with Crippen LogP contribution < -0.4 is 11.1 Å². The summed E-state index contributed by atoms with van der Waals surface area (Å²) in [6.45, 7) is 4.97. The lowest BCUT2D eigenvalue weighted by Crippen LogP contribution is -2.55. The van der Waals surface area contributed by atoms with E-state index >= 15 is 0 Å². The number of aromatic nitrogens is 1. The minimum absolute atomic E-state index is 0.0504. The molecular formula is C17H26N4O3. The molecule has 1 aliphatic heterocycles. The van der Waals surface area contributed by atoms with Crippen LogP contribution in [0.25, 0.3) is 0 Å². The van der Waals surface area contributed by atoms with Crippen LogP contribution in [0.15, 0.2) is 18.5 Å².